The van der Waals surface area contributed by atoms with Crippen molar-refractivity contribution < 1.29 is 32.3 Å². The average molecular weight is 522 g/mol. The number of carbonyl (C=O) groups excluding carboxylic acids is 1. The Bertz CT molecular complexity index is 1230. The van der Waals surface area contributed by atoms with E-state index in [9.17, 15) is 18.0 Å². The van der Waals surface area contributed by atoms with Crippen LogP contribution in [0.5, 0.6) is 0 Å². The summed E-state index contributed by atoms with van der Waals surface area (Å²) in [4.78, 5) is 35.7. The van der Waals surface area contributed by atoms with E-state index in [1.54, 1.807) is 12.3 Å². The van der Waals surface area contributed by atoms with Crippen LogP contribution in [0.15, 0.2) is 35.4 Å². The number of alkyl halides is 3. The number of aliphatic carboxylic acids is 1. The number of likely N-dealkylation sites (tertiary alicyclic amines) is 1. The summed E-state index contributed by atoms with van der Waals surface area (Å²) >= 11 is 0. The molecular weight excluding hydrogens is 491 g/mol. The van der Waals surface area contributed by atoms with Crippen molar-refractivity contribution in [3.63, 3.8) is 0 Å². The summed E-state index contributed by atoms with van der Waals surface area (Å²) < 4.78 is 39.1. The lowest BCUT2D eigenvalue weighted by atomic mass is 9.92. The largest absolute Gasteiger partial charge is 0.490 e. The highest BCUT2D eigenvalue weighted by Gasteiger charge is 2.38. The normalized spacial score (nSPS) is 16.8. The van der Waals surface area contributed by atoms with Gasteiger partial charge in [-0.15, -0.1) is 0 Å². The van der Waals surface area contributed by atoms with Gasteiger partial charge in [-0.1, -0.05) is 0 Å². The van der Waals surface area contributed by atoms with E-state index >= 15 is 0 Å². The monoisotopic (exact) mass is 521 g/mol. The summed E-state index contributed by atoms with van der Waals surface area (Å²) in [6.45, 7) is 7.98. The lowest BCUT2D eigenvalue weighted by molar-refractivity contribution is -0.192. The smallest absolute Gasteiger partial charge is 0.475 e. The average Bonchev–Trinajstić information content (AvgIpc) is 3.64. The number of pyridine rings is 1. The Labute approximate surface area is 211 Å². The SMILES string of the molecule is CC(C)n1cnc2c(N3CCCC3)nc(C3CCN(C(=O)c4ccoc4)CC3)cc21.O=C(O)C(F)(F)F. The number of furan rings is 1. The lowest BCUT2D eigenvalue weighted by Crippen LogP contribution is -2.38. The molecule has 0 aromatic carbocycles. The summed E-state index contributed by atoms with van der Waals surface area (Å²) in [7, 11) is 0. The molecule has 37 heavy (non-hydrogen) atoms. The number of anilines is 1. The summed E-state index contributed by atoms with van der Waals surface area (Å²) in [5.74, 6) is -1.30. The second-order valence-electron chi connectivity index (χ2n) is 9.56. The molecule has 9 nitrogen and oxygen atoms in total. The molecule has 0 saturated carbocycles. The summed E-state index contributed by atoms with van der Waals surface area (Å²) in [6.07, 6.45) is 4.23. The summed E-state index contributed by atoms with van der Waals surface area (Å²) in [5, 5.41) is 7.12. The third-order valence-corrected chi connectivity index (χ3v) is 6.74. The Morgan fingerprint density at radius 2 is 1.78 bits per heavy atom. The molecule has 2 fully saturated rings. The second kappa shape index (κ2) is 10.8. The molecule has 2 aliphatic rings. The van der Waals surface area contributed by atoms with Crippen LogP contribution in [0, 0.1) is 0 Å². The van der Waals surface area contributed by atoms with Crippen molar-refractivity contribution in [2.45, 2.75) is 57.7 Å². The number of imidazole rings is 1. The third kappa shape index (κ3) is 5.89. The molecule has 0 atom stereocenters. The zero-order chi connectivity index (χ0) is 26.7. The van der Waals surface area contributed by atoms with Gasteiger partial charge < -0.3 is 23.9 Å². The van der Waals surface area contributed by atoms with Gasteiger partial charge in [0.15, 0.2) is 5.82 Å². The van der Waals surface area contributed by atoms with Crippen LogP contribution in [0.25, 0.3) is 11.0 Å². The minimum Gasteiger partial charge on any atom is -0.475 e. The summed E-state index contributed by atoms with van der Waals surface area (Å²) in [5.41, 5.74) is 3.96. The van der Waals surface area contributed by atoms with Crippen molar-refractivity contribution >= 4 is 28.7 Å². The first-order chi connectivity index (χ1) is 17.6. The molecule has 2 saturated heterocycles. The van der Waals surface area contributed by atoms with E-state index < -0.39 is 12.1 Å². The molecule has 0 spiro atoms. The zero-order valence-electron chi connectivity index (χ0n) is 20.7. The van der Waals surface area contributed by atoms with Crippen LogP contribution in [-0.2, 0) is 4.79 Å². The molecule has 1 amide bonds. The van der Waals surface area contributed by atoms with Gasteiger partial charge in [-0.3, -0.25) is 4.79 Å². The first-order valence-corrected chi connectivity index (χ1v) is 12.3. The van der Waals surface area contributed by atoms with E-state index in [0.29, 0.717) is 17.5 Å². The minimum atomic E-state index is -5.08. The molecule has 2 aliphatic heterocycles. The minimum absolute atomic E-state index is 0.0567. The van der Waals surface area contributed by atoms with E-state index in [1.807, 2.05) is 11.2 Å². The van der Waals surface area contributed by atoms with Gasteiger partial charge in [-0.05, 0) is 51.7 Å². The molecule has 5 heterocycles. The van der Waals surface area contributed by atoms with Crippen LogP contribution >= 0.6 is 0 Å². The van der Waals surface area contributed by atoms with Crippen LogP contribution in [0.1, 0.15) is 67.5 Å². The quantitative estimate of drug-likeness (QED) is 0.523. The van der Waals surface area contributed by atoms with Gasteiger partial charge in [-0.25, -0.2) is 14.8 Å². The van der Waals surface area contributed by atoms with Crippen molar-refractivity contribution in [3.8, 4) is 0 Å². The molecule has 200 valence electrons. The number of amides is 1. The van der Waals surface area contributed by atoms with Crippen LogP contribution in [-0.4, -0.2) is 68.8 Å². The van der Waals surface area contributed by atoms with Crippen LogP contribution < -0.4 is 4.90 Å². The van der Waals surface area contributed by atoms with Gasteiger partial charge >= 0.3 is 12.1 Å². The number of piperidine rings is 1. The lowest BCUT2D eigenvalue weighted by Gasteiger charge is -2.32. The van der Waals surface area contributed by atoms with E-state index in [2.05, 4.69) is 29.4 Å². The van der Waals surface area contributed by atoms with E-state index in [0.717, 1.165) is 56.0 Å². The van der Waals surface area contributed by atoms with E-state index in [1.165, 1.54) is 24.6 Å². The molecule has 0 bridgehead atoms. The maximum Gasteiger partial charge on any atom is 0.490 e. The van der Waals surface area contributed by atoms with Crippen molar-refractivity contribution in [2.24, 2.45) is 0 Å². The van der Waals surface area contributed by atoms with Crippen LogP contribution in [0.4, 0.5) is 19.0 Å². The molecule has 5 rings (SSSR count). The Morgan fingerprint density at radius 3 is 2.32 bits per heavy atom. The number of hydrogen-bond donors (Lipinski definition) is 1. The zero-order valence-corrected chi connectivity index (χ0v) is 20.7. The maximum atomic E-state index is 12.6. The number of halogens is 3. The number of carboxylic acid groups (broad SMARTS) is 1. The Balaban J connectivity index is 0.000000405. The number of nitrogens with zero attached hydrogens (tertiary/aromatic N) is 5. The van der Waals surface area contributed by atoms with Crippen molar-refractivity contribution in [1.82, 2.24) is 19.4 Å². The van der Waals surface area contributed by atoms with Gasteiger partial charge in [0.1, 0.15) is 11.8 Å². The van der Waals surface area contributed by atoms with Crippen molar-refractivity contribution in [1.29, 1.82) is 0 Å². The van der Waals surface area contributed by atoms with Gasteiger partial charge in [0, 0.05) is 43.8 Å². The van der Waals surface area contributed by atoms with Gasteiger partial charge in [-0.2, -0.15) is 13.2 Å². The van der Waals surface area contributed by atoms with Crippen molar-refractivity contribution in [3.05, 3.63) is 42.2 Å². The fourth-order valence-corrected chi connectivity index (χ4v) is 4.75. The van der Waals surface area contributed by atoms with Gasteiger partial charge in [0.25, 0.3) is 5.91 Å². The van der Waals surface area contributed by atoms with Crippen LogP contribution in [0.2, 0.25) is 0 Å². The Kier molecular flexibility index (Phi) is 7.74. The predicted octanol–water partition coefficient (Wildman–Crippen LogP) is 4.86. The molecule has 12 heteroatoms. The molecule has 3 aromatic heterocycles. The second-order valence-corrected chi connectivity index (χ2v) is 9.56. The Morgan fingerprint density at radius 1 is 1.14 bits per heavy atom. The first kappa shape index (κ1) is 26.5. The Hall–Kier alpha value is -3.57. The molecule has 0 unspecified atom stereocenters. The highest BCUT2D eigenvalue weighted by Crippen LogP contribution is 2.34. The number of carboxylic acids is 1. The molecule has 3 aromatic rings. The molecular formula is C25H30F3N5O4. The highest BCUT2D eigenvalue weighted by molar-refractivity contribution is 5.94. The molecule has 0 radical (unpaired) electrons. The van der Waals surface area contributed by atoms with Crippen LogP contribution in [0.3, 0.4) is 0 Å². The van der Waals surface area contributed by atoms with E-state index in [-0.39, 0.29) is 5.91 Å². The first-order valence-electron chi connectivity index (χ1n) is 12.3. The highest BCUT2D eigenvalue weighted by atomic mass is 19.4. The standard InChI is InChI=1S/C23H29N5O2.C2HF3O2/c1-16(2)28-15-24-21-20(28)13-19(25-22(21)26-8-3-4-9-26)17-5-10-27(11-6-17)23(29)18-7-12-30-14-18;3-2(4,5)1(6)7/h7,12-17H,3-6,8-11H2,1-2H3;(H,6,7). The predicted molar refractivity (Wildman–Crippen MR) is 130 cm³/mol. The van der Waals surface area contributed by atoms with Crippen molar-refractivity contribution in [2.75, 3.05) is 31.1 Å². The number of aromatic nitrogens is 3. The number of carbonyl (C=O) groups is 2. The maximum absolute atomic E-state index is 12.6. The topological polar surface area (TPSA) is 105 Å². The van der Waals surface area contributed by atoms with Gasteiger partial charge in [0.05, 0.1) is 23.7 Å². The molecule has 1 N–H and O–H groups in total. The fourth-order valence-electron chi connectivity index (χ4n) is 4.75. The van der Waals surface area contributed by atoms with Gasteiger partial charge in [0.2, 0.25) is 0 Å². The third-order valence-electron chi connectivity index (χ3n) is 6.74. The summed E-state index contributed by atoms with van der Waals surface area (Å²) in [6, 6.07) is 4.32. The fraction of sp³-hybridized carbons (Fsp3) is 0.520. The van der Waals surface area contributed by atoms with E-state index in [4.69, 9.17) is 24.3 Å². The molecule has 0 aliphatic carbocycles. The number of rotatable bonds is 4. The number of fused-ring (bicyclic) bond motifs is 1. The number of hydrogen-bond acceptors (Lipinski definition) is 6.